The summed E-state index contributed by atoms with van der Waals surface area (Å²) >= 11 is 0. The highest BCUT2D eigenvalue weighted by Gasteiger charge is 2.19. The Bertz CT molecular complexity index is 1390. The van der Waals surface area contributed by atoms with Gasteiger partial charge in [-0.25, -0.2) is 4.79 Å². The average Bonchev–Trinajstić information content (AvgIpc) is 2.83. The van der Waals surface area contributed by atoms with E-state index in [9.17, 15) is 9.59 Å². The maximum absolute atomic E-state index is 13.2. The molecule has 0 unspecified atom stereocenters. The zero-order valence-corrected chi connectivity index (χ0v) is 19.2. The van der Waals surface area contributed by atoms with Crippen LogP contribution in [-0.4, -0.2) is 17.7 Å². The van der Waals surface area contributed by atoms with Gasteiger partial charge in [0.05, 0.1) is 7.11 Å². The SMILES string of the molecule is COc1cccc(CNC(=O)Nc2c(-c3ccccc3)c3cc(C)c(C)cc3c(=O)n2C)c1. The average molecular weight is 442 g/mol. The van der Waals surface area contributed by atoms with E-state index in [1.807, 2.05) is 80.6 Å². The Kier molecular flexibility index (Phi) is 6.18. The van der Waals surface area contributed by atoms with Gasteiger partial charge in [-0.3, -0.25) is 14.7 Å². The van der Waals surface area contributed by atoms with Crippen LogP contribution >= 0.6 is 0 Å². The molecule has 0 spiro atoms. The molecule has 2 N–H and O–H groups in total. The Morgan fingerprint density at radius 2 is 1.64 bits per heavy atom. The number of ether oxygens (including phenoxy) is 1. The maximum Gasteiger partial charge on any atom is 0.320 e. The first-order valence-electron chi connectivity index (χ1n) is 10.8. The third-order valence-corrected chi connectivity index (χ3v) is 5.89. The molecule has 6 heteroatoms. The fourth-order valence-electron chi connectivity index (χ4n) is 3.94. The van der Waals surface area contributed by atoms with Crippen LogP contribution in [0.15, 0.2) is 71.5 Å². The van der Waals surface area contributed by atoms with E-state index in [1.165, 1.54) is 4.57 Å². The van der Waals surface area contributed by atoms with Crippen molar-refractivity contribution in [3.63, 3.8) is 0 Å². The second-order valence-electron chi connectivity index (χ2n) is 8.10. The predicted octanol–water partition coefficient (Wildman–Crippen LogP) is 5.15. The summed E-state index contributed by atoms with van der Waals surface area (Å²) in [6.07, 6.45) is 0. The normalized spacial score (nSPS) is 10.8. The zero-order chi connectivity index (χ0) is 23.5. The molecular formula is C27H27N3O3. The zero-order valence-electron chi connectivity index (χ0n) is 19.2. The van der Waals surface area contributed by atoms with Gasteiger partial charge in [0.2, 0.25) is 0 Å². The molecule has 2 amide bonds. The minimum absolute atomic E-state index is 0.157. The Hall–Kier alpha value is -4.06. The number of carbonyl (C=O) groups is 1. The lowest BCUT2D eigenvalue weighted by Crippen LogP contribution is -2.32. The molecule has 0 aliphatic rings. The molecule has 1 heterocycles. The van der Waals surface area contributed by atoms with Crippen LogP contribution in [0.2, 0.25) is 0 Å². The Morgan fingerprint density at radius 3 is 2.33 bits per heavy atom. The number of hydrogen-bond acceptors (Lipinski definition) is 3. The number of benzene rings is 3. The predicted molar refractivity (Wildman–Crippen MR) is 133 cm³/mol. The molecule has 0 bridgehead atoms. The van der Waals surface area contributed by atoms with Crippen molar-refractivity contribution in [2.24, 2.45) is 7.05 Å². The molecule has 6 nitrogen and oxygen atoms in total. The number of anilines is 1. The first kappa shape index (κ1) is 22.1. The number of methoxy groups -OCH3 is 1. The van der Waals surface area contributed by atoms with Crippen LogP contribution < -0.4 is 20.9 Å². The molecule has 4 aromatic rings. The largest absolute Gasteiger partial charge is 0.497 e. The Morgan fingerprint density at radius 1 is 0.939 bits per heavy atom. The van der Waals surface area contributed by atoms with Crippen molar-refractivity contribution in [1.82, 2.24) is 9.88 Å². The van der Waals surface area contributed by atoms with E-state index in [-0.39, 0.29) is 5.56 Å². The molecule has 3 aromatic carbocycles. The van der Waals surface area contributed by atoms with E-state index in [0.29, 0.717) is 17.7 Å². The number of urea groups is 1. The topological polar surface area (TPSA) is 72.4 Å². The molecule has 0 radical (unpaired) electrons. The lowest BCUT2D eigenvalue weighted by molar-refractivity contribution is 0.251. The molecule has 33 heavy (non-hydrogen) atoms. The summed E-state index contributed by atoms with van der Waals surface area (Å²) in [4.78, 5) is 26.1. The first-order valence-corrected chi connectivity index (χ1v) is 10.8. The van der Waals surface area contributed by atoms with Crippen molar-refractivity contribution in [3.8, 4) is 16.9 Å². The highest BCUT2D eigenvalue weighted by atomic mass is 16.5. The van der Waals surface area contributed by atoms with Gasteiger partial charge in [-0.1, -0.05) is 48.5 Å². The number of hydrogen-bond donors (Lipinski definition) is 2. The molecule has 0 saturated carbocycles. The van der Waals surface area contributed by atoms with E-state index < -0.39 is 6.03 Å². The number of fused-ring (bicyclic) bond motifs is 1. The number of pyridine rings is 1. The molecule has 0 fully saturated rings. The highest BCUT2D eigenvalue weighted by molar-refractivity contribution is 6.05. The van der Waals surface area contributed by atoms with E-state index in [0.717, 1.165) is 39.0 Å². The summed E-state index contributed by atoms with van der Waals surface area (Å²) in [6.45, 7) is 4.34. The molecule has 4 rings (SSSR count). The number of nitrogens with zero attached hydrogens (tertiary/aromatic N) is 1. The van der Waals surface area contributed by atoms with Crippen molar-refractivity contribution in [2.45, 2.75) is 20.4 Å². The number of amides is 2. The van der Waals surface area contributed by atoms with Crippen LogP contribution in [0.1, 0.15) is 16.7 Å². The minimum Gasteiger partial charge on any atom is -0.497 e. The van der Waals surface area contributed by atoms with Gasteiger partial charge < -0.3 is 10.1 Å². The van der Waals surface area contributed by atoms with Crippen molar-refractivity contribution >= 4 is 22.6 Å². The summed E-state index contributed by atoms with van der Waals surface area (Å²) in [7, 11) is 3.29. The van der Waals surface area contributed by atoms with Gasteiger partial charge in [0, 0.05) is 24.5 Å². The minimum atomic E-state index is -0.395. The maximum atomic E-state index is 13.2. The van der Waals surface area contributed by atoms with Crippen LogP contribution in [0.3, 0.4) is 0 Å². The number of carbonyl (C=O) groups excluding carboxylic acids is 1. The summed E-state index contributed by atoms with van der Waals surface area (Å²) < 4.78 is 6.75. The molecule has 0 saturated heterocycles. The quantitative estimate of drug-likeness (QED) is 0.450. The molecule has 1 aromatic heterocycles. The first-order chi connectivity index (χ1) is 15.9. The summed E-state index contributed by atoms with van der Waals surface area (Å²) in [5.74, 6) is 1.17. The molecule has 168 valence electrons. The van der Waals surface area contributed by atoms with Gasteiger partial charge in [-0.05, 0) is 59.7 Å². The van der Waals surface area contributed by atoms with Crippen LogP contribution in [0.25, 0.3) is 21.9 Å². The van der Waals surface area contributed by atoms with Gasteiger partial charge in [0.1, 0.15) is 11.6 Å². The van der Waals surface area contributed by atoms with Gasteiger partial charge >= 0.3 is 6.03 Å². The number of aryl methyl sites for hydroxylation is 2. The third kappa shape index (κ3) is 4.46. The van der Waals surface area contributed by atoms with Gasteiger partial charge in [0.15, 0.2) is 0 Å². The van der Waals surface area contributed by atoms with E-state index in [2.05, 4.69) is 10.6 Å². The molecule has 0 aliphatic carbocycles. The van der Waals surface area contributed by atoms with Crippen LogP contribution in [-0.2, 0) is 13.6 Å². The number of nitrogens with one attached hydrogen (secondary N) is 2. The van der Waals surface area contributed by atoms with Gasteiger partial charge in [-0.2, -0.15) is 0 Å². The highest BCUT2D eigenvalue weighted by Crippen LogP contribution is 2.34. The lowest BCUT2D eigenvalue weighted by Gasteiger charge is -2.19. The number of aromatic nitrogens is 1. The summed E-state index contributed by atoms with van der Waals surface area (Å²) in [6, 6.07) is 20.8. The second-order valence-corrected chi connectivity index (χ2v) is 8.10. The molecule has 0 atom stereocenters. The third-order valence-electron chi connectivity index (χ3n) is 5.89. The lowest BCUT2D eigenvalue weighted by atomic mass is 9.96. The summed E-state index contributed by atoms with van der Waals surface area (Å²) in [5.41, 5.74) is 4.62. The van der Waals surface area contributed by atoms with Crippen LogP contribution in [0, 0.1) is 13.8 Å². The Labute approximate surface area is 192 Å². The van der Waals surface area contributed by atoms with E-state index >= 15 is 0 Å². The fraction of sp³-hybridized carbons (Fsp3) is 0.185. The standard InChI is InChI=1S/C27H27N3O3/c1-17-13-22-23(14-18(17)2)26(31)30(3)25(24(22)20-10-6-5-7-11-20)29-27(32)28-16-19-9-8-12-21(15-19)33-4/h5-15H,16H2,1-4H3,(H2,28,29,32). The summed E-state index contributed by atoms with van der Waals surface area (Å²) in [5, 5.41) is 7.24. The smallest absolute Gasteiger partial charge is 0.320 e. The van der Waals surface area contributed by atoms with E-state index in [4.69, 9.17) is 4.74 Å². The van der Waals surface area contributed by atoms with E-state index in [1.54, 1.807) is 14.2 Å². The van der Waals surface area contributed by atoms with Crippen molar-refractivity contribution in [2.75, 3.05) is 12.4 Å². The van der Waals surface area contributed by atoms with Crippen LogP contribution in [0.4, 0.5) is 10.6 Å². The van der Waals surface area contributed by atoms with Crippen molar-refractivity contribution < 1.29 is 9.53 Å². The molecule has 0 aliphatic heterocycles. The monoisotopic (exact) mass is 441 g/mol. The van der Waals surface area contributed by atoms with Crippen molar-refractivity contribution in [3.05, 3.63) is 93.8 Å². The second kappa shape index (κ2) is 9.20. The molecular weight excluding hydrogens is 414 g/mol. The van der Waals surface area contributed by atoms with Crippen molar-refractivity contribution in [1.29, 1.82) is 0 Å². The van der Waals surface area contributed by atoms with Gasteiger partial charge in [-0.15, -0.1) is 0 Å². The van der Waals surface area contributed by atoms with Gasteiger partial charge in [0.25, 0.3) is 5.56 Å². The van der Waals surface area contributed by atoms with Crippen LogP contribution in [0.5, 0.6) is 5.75 Å². The Balaban J connectivity index is 1.76. The number of rotatable bonds is 5. The fourth-order valence-corrected chi connectivity index (χ4v) is 3.94.